The molecule has 2 nitrogen and oxygen atoms in total. The second-order valence-corrected chi connectivity index (χ2v) is 3.46. The molecule has 0 saturated carbocycles. The van der Waals surface area contributed by atoms with Crippen LogP contribution in [-0.4, -0.2) is 0 Å². The zero-order valence-electron chi connectivity index (χ0n) is 9.79. The number of rotatable bonds is 0. The molecule has 0 fully saturated rings. The Morgan fingerprint density at radius 2 is 0.941 bits per heavy atom. The molecule has 0 unspecified atom stereocenters. The van der Waals surface area contributed by atoms with Crippen LogP contribution in [0.2, 0.25) is 0 Å². The Hall–Kier alpha value is -1.44. The third-order valence-electron chi connectivity index (χ3n) is 2.14. The van der Waals surface area contributed by atoms with Gasteiger partial charge in [-0.1, -0.05) is 62.5 Å². The van der Waals surface area contributed by atoms with Gasteiger partial charge in [0, 0.05) is 17.1 Å². The summed E-state index contributed by atoms with van der Waals surface area (Å²) in [6.45, 7) is 3.13. The van der Waals surface area contributed by atoms with Crippen LogP contribution in [0.25, 0.3) is 0 Å². The van der Waals surface area contributed by atoms with Gasteiger partial charge in [-0.15, -0.1) is 11.5 Å². The average Bonchev–Trinajstić information content (AvgIpc) is 2.93. The van der Waals surface area contributed by atoms with Gasteiger partial charge in [0.05, 0.1) is 0 Å². The first-order chi connectivity index (χ1) is 7.61. The maximum absolute atomic E-state index is 10.5. The number of allylic oxidation sites excluding steroid dienone is 12. The first-order valence-corrected chi connectivity index (χ1v) is 5.06. The van der Waals surface area contributed by atoms with Gasteiger partial charge in [0.15, 0.2) is 0 Å². The molecule has 0 heterocycles. The van der Waals surface area contributed by atoms with Gasteiger partial charge in [-0.25, -0.2) is 0 Å². The molecule has 2 aliphatic rings. The minimum atomic E-state index is 0. The summed E-state index contributed by atoms with van der Waals surface area (Å²) < 4.78 is 0. The third kappa shape index (κ3) is 5.43. The number of hydrogen-bond donors (Lipinski definition) is 0. The van der Waals surface area contributed by atoms with Crippen molar-refractivity contribution in [3.63, 3.8) is 0 Å². The molecular weight excluding hydrogens is 256 g/mol. The van der Waals surface area contributed by atoms with Crippen LogP contribution in [0.15, 0.2) is 71.3 Å². The van der Waals surface area contributed by atoms with Crippen molar-refractivity contribution >= 4 is 0 Å². The van der Waals surface area contributed by atoms with E-state index < -0.39 is 0 Å². The summed E-state index contributed by atoms with van der Waals surface area (Å²) in [5.41, 5.74) is 1.59. The van der Waals surface area contributed by atoms with Crippen molar-refractivity contribution in [1.82, 2.24) is 0 Å². The fraction of sp³-hybridized carbons (Fsp3) is 0.143. The summed E-state index contributed by atoms with van der Waals surface area (Å²) in [4.78, 5) is 0. The maximum Gasteiger partial charge on any atom is 0 e. The summed E-state index contributed by atoms with van der Waals surface area (Å²) >= 11 is 0. The monoisotopic (exact) mass is 270 g/mol. The van der Waals surface area contributed by atoms with Crippen molar-refractivity contribution in [3.05, 3.63) is 71.3 Å². The molecule has 0 aromatic heterocycles. The van der Waals surface area contributed by atoms with Crippen LogP contribution in [-0.2, 0) is 17.1 Å². The van der Waals surface area contributed by atoms with E-state index in [9.17, 15) is 10.2 Å². The summed E-state index contributed by atoms with van der Waals surface area (Å²) in [5, 5.41) is 21.0. The van der Waals surface area contributed by atoms with Gasteiger partial charge in [-0.2, -0.15) is 0 Å². The van der Waals surface area contributed by atoms with Gasteiger partial charge in [0.2, 0.25) is 0 Å². The normalized spacial score (nSPS) is 14.5. The SMILES string of the molecule is CC([O-])=C1C=CC=C1.CC([O-])=C1C=CC=C1.[Fe]. The largest absolute Gasteiger partial charge is 0.875 e. The molecule has 0 aromatic rings. The molecule has 17 heavy (non-hydrogen) atoms. The van der Waals surface area contributed by atoms with Crippen LogP contribution < -0.4 is 10.2 Å². The molecule has 2 aliphatic carbocycles. The van der Waals surface area contributed by atoms with Crippen molar-refractivity contribution in [1.29, 1.82) is 0 Å². The minimum absolute atomic E-state index is 0. The Morgan fingerprint density at radius 1 is 0.706 bits per heavy atom. The smallest absolute Gasteiger partial charge is 0 e. The molecule has 92 valence electrons. The van der Waals surface area contributed by atoms with Crippen molar-refractivity contribution in [2.45, 2.75) is 13.8 Å². The van der Waals surface area contributed by atoms with Crippen LogP contribution in [0.1, 0.15) is 13.8 Å². The molecule has 3 heteroatoms. The summed E-state index contributed by atoms with van der Waals surface area (Å²) in [6.07, 6.45) is 14.7. The van der Waals surface area contributed by atoms with Crippen molar-refractivity contribution < 1.29 is 27.3 Å². The van der Waals surface area contributed by atoms with Crippen LogP contribution in [0.3, 0.4) is 0 Å². The molecule has 0 bridgehead atoms. The zero-order valence-corrected chi connectivity index (χ0v) is 10.9. The molecule has 0 saturated heterocycles. The maximum atomic E-state index is 10.5. The van der Waals surface area contributed by atoms with Crippen LogP contribution in [0.5, 0.6) is 0 Å². The van der Waals surface area contributed by atoms with Crippen molar-refractivity contribution in [2.24, 2.45) is 0 Å². The van der Waals surface area contributed by atoms with Crippen molar-refractivity contribution in [2.75, 3.05) is 0 Å². The van der Waals surface area contributed by atoms with Crippen LogP contribution >= 0.6 is 0 Å². The van der Waals surface area contributed by atoms with E-state index in [1.807, 2.05) is 48.6 Å². The molecule has 0 aromatic carbocycles. The molecule has 0 atom stereocenters. The Morgan fingerprint density at radius 3 is 1.06 bits per heavy atom. The van der Waals surface area contributed by atoms with E-state index in [0.717, 1.165) is 11.1 Å². The molecule has 0 amide bonds. The molecular formula is C14H14FeO2-2. The van der Waals surface area contributed by atoms with Gasteiger partial charge in [0.25, 0.3) is 0 Å². The fourth-order valence-corrected chi connectivity index (χ4v) is 1.22. The topological polar surface area (TPSA) is 46.1 Å². The first kappa shape index (κ1) is 15.6. The predicted octanol–water partition coefficient (Wildman–Crippen LogP) is 1.49. The van der Waals surface area contributed by atoms with E-state index in [1.54, 1.807) is 13.8 Å². The molecule has 0 radical (unpaired) electrons. The molecule has 2 rings (SSSR count). The standard InChI is InChI=1S/2C7H8O.Fe/c2*1-6(8)7-4-2-3-5-7;/h2*2-5,8H,1H3;/p-2. The third-order valence-corrected chi connectivity index (χ3v) is 2.14. The fourth-order valence-electron chi connectivity index (χ4n) is 1.22. The summed E-state index contributed by atoms with van der Waals surface area (Å²) in [6, 6.07) is 0. The van der Waals surface area contributed by atoms with Crippen LogP contribution in [0.4, 0.5) is 0 Å². The molecule has 0 aliphatic heterocycles. The second kappa shape index (κ2) is 7.77. The Balaban J connectivity index is 0.000000284. The van der Waals surface area contributed by atoms with Gasteiger partial charge >= 0.3 is 0 Å². The van der Waals surface area contributed by atoms with Gasteiger partial charge < -0.3 is 10.2 Å². The quantitative estimate of drug-likeness (QED) is 0.494. The van der Waals surface area contributed by atoms with E-state index in [4.69, 9.17) is 0 Å². The summed E-state index contributed by atoms with van der Waals surface area (Å²) in [5.74, 6) is 0.269. The average molecular weight is 270 g/mol. The Kier molecular flexibility index (Phi) is 7.11. The molecule has 0 N–H and O–H groups in total. The van der Waals surface area contributed by atoms with Gasteiger partial charge in [-0.05, 0) is 11.1 Å². The second-order valence-electron chi connectivity index (χ2n) is 3.46. The molecule has 0 spiro atoms. The van der Waals surface area contributed by atoms with E-state index >= 15 is 0 Å². The zero-order chi connectivity index (χ0) is 12.0. The van der Waals surface area contributed by atoms with E-state index in [1.165, 1.54) is 0 Å². The number of hydrogen-bond acceptors (Lipinski definition) is 2. The minimum Gasteiger partial charge on any atom is -0.875 e. The Labute approximate surface area is 113 Å². The van der Waals surface area contributed by atoms with Gasteiger partial charge in [0.1, 0.15) is 0 Å². The first-order valence-electron chi connectivity index (χ1n) is 5.06. The van der Waals surface area contributed by atoms with E-state index in [-0.39, 0.29) is 28.6 Å². The van der Waals surface area contributed by atoms with Crippen molar-refractivity contribution in [3.8, 4) is 0 Å². The summed E-state index contributed by atoms with van der Waals surface area (Å²) in [7, 11) is 0. The van der Waals surface area contributed by atoms with Crippen LogP contribution in [0, 0.1) is 0 Å². The predicted molar refractivity (Wildman–Crippen MR) is 62.0 cm³/mol. The Bertz CT molecular complexity index is 357. The van der Waals surface area contributed by atoms with Gasteiger partial charge in [-0.3, -0.25) is 0 Å². The van der Waals surface area contributed by atoms with E-state index in [0.29, 0.717) is 0 Å². The van der Waals surface area contributed by atoms with E-state index in [2.05, 4.69) is 0 Å².